The van der Waals surface area contributed by atoms with Crippen molar-refractivity contribution in [1.82, 2.24) is 10.6 Å². The number of hydrogen-bond donors (Lipinski definition) is 3. The first-order valence-electron chi connectivity index (χ1n) is 5.86. The molecule has 1 unspecified atom stereocenters. The van der Waals surface area contributed by atoms with Gasteiger partial charge in [0.05, 0.1) is 5.92 Å². The van der Waals surface area contributed by atoms with E-state index in [0.717, 1.165) is 12.8 Å². The molecule has 0 bridgehead atoms. The Morgan fingerprint density at radius 2 is 2.00 bits per heavy atom. The minimum Gasteiger partial charge on any atom is -0.481 e. The number of carboxylic acid groups (broad SMARTS) is 1. The highest BCUT2D eigenvalue weighted by Crippen LogP contribution is 2.17. The summed E-state index contributed by atoms with van der Waals surface area (Å²) >= 11 is 0. The van der Waals surface area contributed by atoms with Gasteiger partial charge in [0.15, 0.2) is 0 Å². The number of nitrogens with one attached hydrogen (secondary N) is 2. The Bertz CT molecular complexity index is 250. The van der Waals surface area contributed by atoms with Gasteiger partial charge in [0.1, 0.15) is 0 Å². The van der Waals surface area contributed by atoms with Gasteiger partial charge in [-0.1, -0.05) is 19.8 Å². The van der Waals surface area contributed by atoms with Gasteiger partial charge >= 0.3 is 12.0 Å². The molecule has 0 aromatic heterocycles. The zero-order chi connectivity index (χ0) is 12.0. The smallest absolute Gasteiger partial charge is 0.315 e. The van der Waals surface area contributed by atoms with E-state index in [2.05, 4.69) is 10.6 Å². The van der Waals surface area contributed by atoms with Crippen LogP contribution in [0.3, 0.4) is 0 Å². The number of carbonyl (C=O) groups excluding carboxylic acids is 1. The minimum atomic E-state index is -0.821. The topological polar surface area (TPSA) is 78.4 Å². The second-order valence-electron chi connectivity index (χ2n) is 4.41. The largest absolute Gasteiger partial charge is 0.481 e. The Labute approximate surface area is 95.6 Å². The Balaban J connectivity index is 2.08. The molecule has 16 heavy (non-hydrogen) atoms. The molecule has 0 spiro atoms. The van der Waals surface area contributed by atoms with Crippen LogP contribution >= 0.6 is 0 Å². The van der Waals surface area contributed by atoms with Gasteiger partial charge in [-0.2, -0.15) is 0 Å². The minimum absolute atomic E-state index is 0.176. The van der Waals surface area contributed by atoms with Crippen LogP contribution in [-0.2, 0) is 4.79 Å². The number of rotatable bonds is 5. The standard InChI is InChI=1S/C11H20N2O3/c1-8(10(14)15)6-7-12-11(16)13-9-4-2-3-5-9/h8-9H,2-7H2,1H3,(H,14,15)(H2,12,13,16). The van der Waals surface area contributed by atoms with Gasteiger partial charge in [0.25, 0.3) is 0 Å². The van der Waals surface area contributed by atoms with E-state index < -0.39 is 11.9 Å². The highest BCUT2D eigenvalue weighted by atomic mass is 16.4. The molecule has 5 heteroatoms. The van der Waals surface area contributed by atoms with Crippen molar-refractivity contribution in [1.29, 1.82) is 0 Å². The van der Waals surface area contributed by atoms with Crippen LogP contribution < -0.4 is 10.6 Å². The Kier molecular flexibility index (Phi) is 5.08. The van der Waals surface area contributed by atoms with E-state index in [1.54, 1.807) is 6.92 Å². The first-order valence-corrected chi connectivity index (χ1v) is 5.86. The van der Waals surface area contributed by atoms with E-state index >= 15 is 0 Å². The number of carbonyl (C=O) groups is 2. The second-order valence-corrected chi connectivity index (χ2v) is 4.41. The van der Waals surface area contributed by atoms with Crippen molar-refractivity contribution in [3.63, 3.8) is 0 Å². The molecule has 0 radical (unpaired) electrons. The van der Waals surface area contributed by atoms with E-state index in [1.807, 2.05) is 0 Å². The average Bonchev–Trinajstić information content (AvgIpc) is 2.70. The molecule has 0 aliphatic heterocycles. The van der Waals surface area contributed by atoms with Crippen LogP contribution in [-0.4, -0.2) is 29.7 Å². The first-order chi connectivity index (χ1) is 7.59. The summed E-state index contributed by atoms with van der Waals surface area (Å²) in [4.78, 5) is 21.9. The molecule has 1 aliphatic rings. The van der Waals surface area contributed by atoms with Crippen molar-refractivity contribution >= 4 is 12.0 Å². The van der Waals surface area contributed by atoms with Crippen LogP contribution in [0.25, 0.3) is 0 Å². The molecular weight excluding hydrogens is 208 g/mol. The monoisotopic (exact) mass is 228 g/mol. The summed E-state index contributed by atoms with van der Waals surface area (Å²) in [5.74, 6) is -1.23. The zero-order valence-corrected chi connectivity index (χ0v) is 9.66. The molecule has 1 saturated carbocycles. The zero-order valence-electron chi connectivity index (χ0n) is 9.66. The molecule has 0 heterocycles. The number of carboxylic acids is 1. The normalized spacial score (nSPS) is 18.1. The van der Waals surface area contributed by atoms with Crippen LogP contribution in [0.4, 0.5) is 4.79 Å². The Morgan fingerprint density at radius 1 is 1.38 bits per heavy atom. The van der Waals surface area contributed by atoms with E-state index in [4.69, 9.17) is 5.11 Å². The number of aliphatic carboxylic acids is 1. The number of hydrogen-bond acceptors (Lipinski definition) is 2. The van der Waals surface area contributed by atoms with Gasteiger partial charge in [-0.05, 0) is 19.3 Å². The fourth-order valence-electron chi connectivity index (χ4n) is 1.83. The summed E-state index contributed by atoms with van der Waals surface area (Å²) in [6.07, 6.45) is 4.94. The van der Waals surface area contributed by atoms with E-state index in [9.17, 15) is 9.59 Å². The maximum Gasteiger partial charge on any atom is 0.315 e. The SMILES string of the molecule is CC(CCNC(=O)NC1CCCC1)C(=O)O. The molecule has 1 fully saturated rings. The molecule has 1 atom stereocenters. The van der Waals surface area contributed by atoms with E-state index in [0.29, 0.717) is 19.0 Å². The molecule has 0 saturated heterocycles. The van der Waals surface area contributed by atoms with Gasteiger partial charge in [-0.25, -0.2) is 4.79 Å². The molecule has 0 aromatic rings. The third kappa shape index (κ3) is 4.51. The van der Waals surface area contributed by atoms with Crippen molar-refractivity contribution in [2.45, 2.75) is 45.1 Å². The summed E-state index contributed by atoms with van der Waals surface area (Å²) in [5.41, 5.74) is 0. The maximum absolute atomic E-state index is 11.4. The van der Waals surface area contributed by atoms with Crippen molar-refractivity contribution in [3.05, 3.63) is 0 Å². The number of urea groups is 1. The molecule has 1 rings (SSSR count). The molecule has 5 nitrogen and oxygen atoms in total. The van der Waals surface area contributed by atoms with Crippen molar-refractivity contribution in [2.24, 2.45) is 5.92 Å². The maximum atomic E-state index is 11.4. The van der Waals surface area contributed by atoms with Gasteiger partial charge in [0.2, 0.25) is 0 Å². The average molecular weight is 228 g/mol. The first kappa shape index (κ1) is 12.8. The van der Waals surface area contributed by atoms with Crippen molar-refractivity contribution < 1.29 is 14.7 Å². The molecule has 0 aromatic carbocycles. The Hall–Kier alpha value is -1.26. The van der Waals surface area contributed by atoms with Crippen LogP contribution in [0.2, 0.25) is 0 Å². The molecular formula is C11H20N2O3. The van der Waals surface area contributed by atoms with Gasteiger partial charge in [-0.3, -0.25) is 4.79 Å². The van der Waals surface area contributed by atoms with Gasteiger partial charge in [-0.15, -0.1) is 0 Å². The van der Waals surface area contributed by atoms with Crippen LogP contribution in [0.5, 0.6) is 0 Å². The molecule has 2 amide bonds. The van der Waals surface area contributed by atoms with Crippen LogP contribution in [0, 0.1) is 5.92 Å². The summed E-state index contributed by atoms with van der Waals surface area (Å²) in [6.45, 7) is 2.05. The predicted molar refractivity (Wildman–Crippen MR) is 60.2 cm³/mol. The molecule has 92 valence electrons. The van der Waals surface area contributed by atoms with E-state index in [1.165, 1.54) is 12.8 Å². The quantitative estimate of drug-likeness (QED) is 0.664. The highest BCUT2D eigenvalue weighted by molar-refractivity contribution is 5.74. The summed E-state index contributed by atoms with van der Waals surface area (Å²) in [5, 5.41) is 14.2. The highest BCUT2D eigenvalue weighted by Gasteiger charge is 2.17. The molecule has 1 aliphatic carbocycles. The third-order valence-corrected chi connectivity index (χ3v) is 2.97. The van der Waals surface area contributed by atoms with Gasteiger partial charge in [0, 0.05) is 12.6 Å². The number of amides is 2. The van der Waals surface area contributed by atoms with Crippen molar-refractivity contribution in [2.75, 3.05) is 6.54 Å². The lowest BCUT2D eigenvalue weighted by Gasteiger charge is -2.13. The van der Waals surface area contributed by atoms with E-state index in [-0.39, 0.29) is 6.03 Å². The molecule has 3 N–H and O–H groups in total. The third-order valence-electron chi connectivity index (χ3n) is 2.97. The predicted octanol–water partition coefficient (Wildman–Crippen LogP) is 1.34. The van der Waals surface area contributed by atoms with Crippen LogP contribution in [0.15, 0.2) is 0 Å². The van der Waals surface area contributed by atoms with Gasteiger partial charge < -0.3 is 15.7 Å². The summed E-state index contributed by atoms with van der Waals surface area (Å²) < 4.78 is 0. The summed E-state index contributed by atoms with van der Waals surface area (Å²) in [6, 6.07) is 0.126. The lowest BCUT2D eigenvalue weighted by atomic mass is 10.1. The lowest BCUT2D eigenvalue weighted by molar-refractivity contribution is -0.141. The Morgan fingerprint density at radius 3 is 2.56 bits per heavy atom. The van der Waals surface area contributed by atoms with Crippen molar-refractivity contribution in [3.8, 4) is 0 Å². The fourth-order valence-corrected chi connectivity index (χ4v) is 1.83. The van der Waals surface area contributed by atoms with Crippen LogP contribution in [0.1, 0.15) is 39.0 Å². The second kappa shape index (κ2) is 6.35. The summed E-state index contributed by atoms with van der Waals surface area (Å²) in [7, 11) is 0. The lowest BCUT2D eigenvalue weighted by Crippen LogP contribution is -2.41. The fraction of sp³-hybridized carbons (Fsp3) is 0.818.